The molecule has 0 aromatic heterocycles. The van der Waals surface area contributed by atoms with Gasteiger partial charge in [0.2, 0.25) is 0 Å². The van der Waals surface area contributed by atoms with E-state index in [-0.39, 0.29) is 13.2 Å². The van der Waals surface area contributed by atoms with E-state index in [2.05, 4.69) is 4.74 Å². The molecule has 18 heavy (non-hydrogen) atoms. The lowest BCUT2D eigenvalue weighted by Crippen LogP contribution is -2.40. The van der Waals surface area contributed by atoms with Crippen LogP contribution in [-0.4, -0.2) is 57.8 Å². The zero-order valence-electron chi connectivity index (χ0n) is 10.1. The Labute approximate surface area is 105 Å². The van der Waals surface area contributed by atoms with Gasteiger partial charge in [0.25, 0.3) is 0 Å². The van der Waals surface area contributed by atoms with Gasteiger partial charge in [-0.05, 0) is 12.8 Å². The highest BCUT2D eigenvalue weighted by Gasteiger charge is 2.31. The van der Waals surface area contributed by atoms with Crippen molar-refractivity contribution in [3.05, 3.63) is 0 Å². The number of carboxylic acids is 1. The van der Waals surface area contributed by atoms with E-state index in [0.717, 1.165) is 25.7 Å². The normalized spacial score (nSPS) is 13.9. The lowest BCUT2D eigenvalue weighted by Gasteiger charge is -2.13. The quantitative estimate of drug-likeness (QED) is 0.303. The number of unbranched alkanes of at least 4 members (excludes halogenated alkanes) is 4. The predicted molar refractivity (Wildman–Crippen MR) is 60.8 cm³/mol. The van der Waals surface area contributed by atoms with Crippen molar-refractivity contribution in [1.29, 1.82) is 0 Å². The van der Waals surface area contributed by atoms with Gasteiger partial charge in [0.1, 0.15) is 0 Å². The number of rotatable bonds is 10. The van der Waals surface area contributed by atoms with E-state index in [1.165, 1.54) is 0 Å². The van der Waals surface area contributed by atoms with Gasteiger partial charge in [-0.15, -0.1) is 0 Å². The number of aliphatic hydroxyl groups is 3. The standard InChI is InChI=1S/C11H20O7/c12-6-4-2-1-3-5-7-18-11(17)9(14)8(13)10(15)16/h8-9,12-14H,1-7H2,(H,15,16). The molecule has 0 aliphatic heterocycles. The van der Waals surface area contributed by atoms with E-state index >= 15 is 0 Å². The number of ether oxygens (including phenoxy) is 1. The van der Waals surface area contributed by atoms with Gasteiger partial charge in [-0.3, -0.25) is 0 Å². The van der Waals surface area contributed by atoms with Crippen LogP contribution in [0.4, 0.5) is 0 Å². The number of esters is 1. The van der Waals surface area contributed by atoms with Crippen LogP contribution in [0.1, 0.15) is 32.1 Å². The molecule has 0 aliphatic rings. The molecule has 0 saturated carbocycles. The first-order chi connectivity index (χ1) is 8.50. The van der Waals surface area contributed by atoms with Gasteiger partial charge in [-0.25, -0.2) is 9.59 Å². The fourth-order valence-corrected chi connectivity index (χ4v) is 1.27. The Morgan fingerprint density at radius 1 is 0.944 bits per heavy atom. The molecule has 0 spiro atoms. The van der Waals surface area contributed by atoms with Crippen LogP contribution >= 0.6 is 0 Å². The number of hydrogen-bond acceptors (Lipinski definition) is 6. The van der Waals surface area contributed by atoms with Gasteiger partial charge < -0.3 is 25.2 Å². The highest BCUT2D eigenvalue weighted by molar-refractivity contribution is 5.84. The Hall–Kier alpha value is -1.18. The maximum atomic E-state index is 11.1. The third kappa shape index (κ3) is 7.21. The van der Waals surface area contributed by atoms with Crippen LogP contribution in [0, 0.1) is 0 Å². The monoisotopic (exact) mass is 264 g/mol. The first kappa shape index (κ1) is 16.8. The summed E-state index contributed by atoms with van der Waals surface area (Å²) in [7, 11) is 0. The van der Waals surface area contributed by atoms with Crippen LogP contribution in [0.15, 0.2) is 0 Å². The number of hydrogen-bond donors (Lipinski definition) is 4. The Bertz CT molecular complexity index is 254. The highest BCUT2D eigenvalue weighted by Crippen LogP contribution is 2.04. The molecular weight excluding hydrogens is 244 g/mol. The summed E-state index contributed by atoms with van der Waals surface area (Å²) < 4.78 is 4.62. The Kier molecular flexibility index (Phi) is 9.17. The minimum absolute atomic E-state index is 0.0708. The van der Waals surface area contributed by atoms with Crippen molar-refractivity contribution in [1.82, 2.24) is 0 Å². The zero-order valence-corrected chi connectivity index (χ0v) is 10.1. The smallest absolute Gasteiger partial charge is 0.338 e. The lowest BCUT2D eigenvalue weighted by atomic mass is 10.1. The fourth-order valence-electron chi connectivity index (χ4n) is 1.27. The van der Waals surface area contributed by atoms with Crippen molar-refractivity contribution in [2.75, 3.05) is 13.2 Å². The molecule has 0 heterocycles. The minimum atomic E-state index is -2.16. The first-order valence-corrected chi connectivity index (χ1v) is 5.87. The van der Waals surface area contributed by atoms with Crippen LogP contribution in [0.25, 0.3) is 0 Å². The van der Waals surface area contributed by atoms with Crippen molar-refractivity contribution in [2.24, 2.45) is 0 Å². The van der Waals surface area contributed by atoms with Crippen LogP contribution < -0.4 is 0 Å². The second kappa shape index (κ2) is 9.81. The summed E-state index contributed by atoms with van der Waals surface area (Å²) in [6.45, 7) is 0.232. The Morgan fingerprint density at radius 3 is 2.06 bits per heavy atom. The molecule has 0 aromatic carbocycles. The van der Waals surface area contributed by atoms with Crippen LogP contribution in [0.3, 0.4) is 0 Å². The van der Waals surface area contributed by atoms with Gasteiger partial charge in [-0.1, -0.05) is 19.3 Å². The molecule has 2 atom stereocenters. The second-order valence-electron chi connectivity index (χ2n) is 3.89. The van der Waals surface area contributed by atoms with Crippen molar-refractivity contribution in [2.45, 2.75) is 44.3 Å². The topological polar surface area (TPSA) is 124 Å². The number of carboxylic acid groups (broad SMARTS) is 1. The molecule has 4 N–H and O–H groups in total. The molecule has 0 rings (SSSR count). The zero-order chi connectivity index (χ0) is 14.0. The second-order valence-corrected chi connectivity index (χ2v) is 3.89. The average Bonchev–Trinajstić information content (AvgIpc) is 2.35. The highest BCUT2D eigenvalue weighted by atomic mass is 16.5. The maximum Gasteiger partial charge on any atom is 0.338 e. The van der Waals surface area contributed by atoms with E-state index in [1.807, 2.05) is 0 Å². The molecule has 0 aliphatic carbocycles. The number of aliphatic carboxylic acids is 1. The fraction of sp³-hybridized carbons (Fsp3) is 0.818. The molecule has 0 radical (unpaired) electrons. The van der Waals surface area contributed by atoms with Gasteiger partial charge >= 0.3 is 11.9 Å². The van der Waals surface area contributed by atoms with E-state index < -0.39 is 24.1 Å². The summed E-state index contributed by atoms with van der Waals surface area (Å²) in [5.74, 6) is -2.82. The number of carbonyl (C=O) groups is 2. The van der Waals surface area contributed by atoms with Gasteiger partial charge in [0, 0.05) is 6.61 Å². The van der Waals surface area contributed by atoms with Crippen LogP contribution in [0.5, 0.6) is 0 Å². The van der Waals surface area contributed by atoms with Crippen molar-refractivity contribution in [3.63, 3.8) is 0 Å². The van der Waals surface area contributed by atoms with E-state index in [4.69, 9.17) is 20.4 Å². The maximum absolute atomic E-state index is 11.1. The summed E-state index contributed by atoms with van der Waals surface area (Å²) in [6.07, 6.45) is -0.288. The molecule has 7 heteroatoms. The third-order valence-electron chi connectivity index (χ3n) is 2.34. The molecule has 0 bridgehead atoms. The summed E-state index contributed by atoms with van der Waals surface area (Å²) in [5, 5.41) is 34.9. The van der Waals surface area contributed by atoms with Crippen LogP contribution in [0.2, 0.25) is 0 Å². The third-order valence-corrected chi connectivity index (χ3v) is 2.34. The molecule has 0 saturated heterocycles. The Balaban J connectivity index is 3.61. The van der Waals surface area contributed by atoms with Crippen molar-refractivity contribution < 1.29 is 34.8 Å². The summed E-state index contributed by atoms with van der Waals surface area (Å²) >= 11 is 0. The van der Waals surface area contributed by atoms with E-state index in [9.17, 15) is 9.59 Å². The average molecular weight is 264 g/mol. The van der Waals surface area contributed by atoms with E-state index in [1.54, 1.807) is 0 Å². The first-order valence-electron chi connectivity index (χ1n) is 5.87. The molecule has 0 amide bonds. The molecular formula is C11H20O7. The van der Waals surface area contributed by atoms with Crippen molar-refractivity contribution >= 4 is 11.9 Å². The molecule has 2 unspecified atom stereocenters. The molecule has 7 nitrogen and oxygen atoms in total. The van der Waals surface area contributed by atoms with Crippen molar-refractivity contribution in [3.8, 4) is 0 Å². The van der Waals surface area contributed by atoms with Gasteiger partial charge in [0.05, 0.1) is 6.61 Å². The summed E-state index contributed by atoms with van der Waals surface area (Å²) in [5.41, 5.74) is 0. The van der Waals surface area contributed by atoms with E-state index in [0.29, 0.717) is 6.42 Å². The summed E-state index contributed by atoms with van der Waals surface area (Å²) in [4.78, 5) is 21.4. The SMILES string of the molecule is O=C(O)C(O)C(O)C(=O)OCCCCCCCO. The predicted octanol–water partition coefficient (Wildman–Crippen LogP) is -0.721. The van der Waals surface area contributed by atoms with Gasteiger partial charge in [-0.2, -0.15) is 0 Å². The molecule has 0 fully saturated rings. The lowest BCUT2D eigenvalue weighted by molar-refractivity contribution is -0.169. The summed E-state index contributed by atoms with van der Waals surface area (Å²) in [6, 6.07) is 0. The minimum Gasteiger partial charge on any atom is -0.479 e. The molecule has 106 valence electrons. The molecule has 0 aromatic rings. The van der Waals surface area contributed by atoms with Crippen LogP contribution in [-0.2, 0) is 14.3 Å². The van der Waals surface area contributed by atoms with Gasteiger partial charge in [0.15, 0.2) is 12.2 Å². The Morgan fingerprint density at radius 2 is 1.50 bits per heavy atom. The number of aliphatic hydroxyl groups excluding tert-OH is 3. The number of carbonyl (C=O) groups excluding carboxylic acids is 1. The largest absolute Gasteiger partial charge is 0.479 e.